The minimum atomic E-state index is -4.69. The molecule has 0 amide bonds. The number of aromatic nitrogens is 2. The van der Waals surface area contributed by atoms with Gasteiger partial charge in [0.2, 0.25) is 11.7 Å². The molecule has 20 heavy (non-hydrogen) atoms. The van der Waals surface area contributed by atoms with E-state index >= 15 is 0 Å². The molecule has 8 heteroatoms. The van der Waals surface area contributed by atoms with Gasteiger partial charge in [0.1, 0.15) is 5.60 Å². The molecule has 0 radical (unpaired) electrons. The maximum Gasteiger partial charge on any atom is 0.414 e. The summed E-state index contributed by atoms with van der Waals surface area (Å²) in [5.74, 6) is 0.0528. The van der Waals surface area contributed by atoms with E-state index in [2.05, 4.69) is 10.1 Å². The van der Waals surface area contributed by atoms with E-state index in [-0.39, 0.29) is 11.7 Å². The second-order valence-electron chi connectivity index (χ2n) is 4.91. The lowest BCUT2D eigenvalue weighted by molar-refractivity contribution is -0.204. The zero-order valence-corrected chi connectivity index (χ0v) is 11.1. The average molecular weight is 294 g/mol. The zero-order chi connectivity index (χ0) is 14.8. The molecule has 0 aromatic carbocycles. The highest BCUT2D eigenvalue weighted by molar-refractivity contribution is 5.05. The van der Waals surface area contributed by atoms with Crippen LogP contribution in [-0.2, 0) is 16.8 Å². The van der Waals surface area contributed by atoms with Gasteiger partial charge in [-0.2, -0.15) is 18.2 Å². The summed E-state index contributed by atoms with van der Waals surface area (Å²) in [7, 11) is 0. The minimum Gasteiger partial charge on any atom is -0.383 e. The molecule has 0 bridgehead atoms. The largest absolute Gasteiger partial charge is 0.414 e. The fraction of sp³-hybridized carbons (Fsp3) is 0.833. The van der Waals surface area contributed by atoms with Crippen molar-refractivity contribution in [3.8, 4) is 0 Å². The predicted octanol–water partition coefficient (Wildman–Crippen LogP) is 2.34. The Morgan fingerprint density at radius 2 is 2.05 bits per heavy atom. The van der Waals surface area contributed by atoms with Gasteiger partial charge < -0.3 is 14.4 Å². The number of nitrogens with zero attached hydrogens (tertiary/aromatic N) is 2. The van der Waals surface area contributed by atoms with Crippen LogP contribution in [0.25, 0.3) is 0 Å². The topological polar surface area (TPSA) is 68.4 Å². The van der Waals surface area contributed by atoms with Crippen LogP contribution in [0.5, 0.6) is 0 Å². The van der Waals surface area contributed by atoms with Crippen molar-refractivity contribution in [2.45, 2.75) is 56.9 Å². The molecule has 1 unspecified atom stereocenters. The van der Waals surface area contributed by atoms with E-state index in [1.165, 1.54) is 0 Å². The molecule has 1 N–H and O–H groups in total. The van der Waals surface area contributed by atoms with Gasteiger partial charge in [0.05, 0.1) is 6.42 Å². The SMILES string of the molecule is CCOC1(c2noc(CC(O)C(F)(F)F)n2)CCCC1. The highest BCUT2D eigenvalue weighted by Gasteiger charge is 2.42. The molecule has 1 aromatic rings. The van der Waals surface area contributed by atoms with Crippen LogP contribution in [0.1, 0.15) is 44.3 Å². The number of halogens is 3. The molecule has 1 atom stereocenters. The Labute approximate surface area is 114 Å². The molecule has 5 nitrogen and oxygen atoms in total. The highest BCUT2D eigenvalue weighted by Crippen LogP contribution is 2.40. The second kappa shape index (κ2) is 5.69. The van der Waals surface area contributed by atoms with E-state index in [1.54, 1.807) is 0 Å². The zero-order valence-electron chi connectivity index (χ0n) is 11.1. The van der Waals surface area contributed by atoms with Crippen molar-refractivity contribution in [3.63, 3.8) is 0 Å². The number of rotatable bonds is 5. The van der Waals surface area contributed by atoms with Gasteiger partial charge in [0, 0.05) is 6.61 Å². The molecule has 1 saturated carbocycles. The van der Waals surface area contributed by atoms with Crippen LogP contribution in [0.15, 0.2) is 4.52 Å². The van der Waals surface area contributed by atoms with Crippen LogP contribution in [0.4, 0.5) is 13.2 Å². The lowest BCUT2D eigenvalue weighted by Gasteiger charge is -2.24. The first-order valence-corrected chi connectivity index (χ1v) is 6.59. The fourth-order valence-electron chi connectivity index (χ4n) is 2.46. The van der Waals surface area contributed by atoms with Crippen molar-refractivity contribution >= 4 is 0 Å². The molecule has 0 spiro atoms. The summed E-state index contributed by atoms with van der Waals surface area (Å²) in [5, 5.41) is 12.7. The van der Waals surface area contributed by atoms with Gasteiger partial charge in [-0.05, 0) is 32.6 Å². The monoisotopic (exact) mass is 294 g/mol. The van der Waals surface area contributed by atoms with Crippen molar-refractivity contribution in [3.05, 3.63) is 11.7 Å². The van der Waals surface area contributed by atoms with E-state index in [1.807, 2.05) is 6.92 Å². The molecule has 0 saturated heterocycles. The van der Waals surface area contributed by atoms with Crippen molar-refractivity contribution in [2.24, 2.45) is 0 Å². The Hall–Kier alpha value is -1.15. The van der Waals surface area contributed by atoms with Gasteiger partial charge in [-0.3, -0.25) is 0 Å². The summed E-state index contributed by atoms with van der Waals surface area (Å²) < 4.78 is 47.3. The molecule has 0 aliphatic heterocycles. The minimum absolute atomic E-state index is 0.226. The summed E-state index contributed by atoms with van der Waals surface area (Å²) >= 11 is 0. The average Bonchev–Trinajstić information content (AvgIpc) is 2.98. The molecular formula is C12H17F3N2O3. The lowest BCUT2D eigenvalue weighted by Crippen LogP contribution is -2.31. The van der Waals surface area contributed by atoms with Gasteiger partial charge in [-0.25, -0.2) is 0 Å². The predicted molar refractivity (Wildman–Crippen MR) is 61.8 cm³/mol. The van der Waals surface area contributed by atoms with Gasteiger partial charge in [-0.1, -0.05) is 5.16 Å². The summed E-state index contributed by atoms with van der Waals surface area (Å²) in [6, 6.07) is 0. The van der Waals surface area contributed by atoms with E-state index in [0.29, 0.717) is 6.61 Å². The Bertz CT molecular complexity index is 441. The molecule has 1 heterocycles. The molecule has 1 fully saturated rings. The maximum atomic E-state index is 12.3. The maximum absolute atomic E-state index is 12.3. The van der Waals surface area contributed by atoms with E-state index in [0.717, 1.165) is 25.7 Å². The van der Waals surface area contributed by atoms with Crippen LogP contribution in [0.3, 0.4) is 0 Å². The van der Waals surface area contributed by atoms with Gasteiger partial charge >= 0.3 is 6.18 Å². The Kier molecular flexibility index (Phi) is 4.33. The first kappa shape index (κ1) is 15.2. The third-order valence-corrected chi connectivity index (χ3v) is 3.45. The van der Waals surface area contributed by atoms with Gasteiger partial charge in [0.25, 0.3) is 0 Å². The van der Waals surface area contributed by atoms with E-state index < -0.39 is 24.3 Å². The van der Waals surface area contributed by atoms with Crippen LogP contribution >= 0.6 is 0 Å². The van der Waals surface area contributed by atoms with Crippen LogP contribution in [0, 0.1) is 0 Å². The first-order chi connectivity index (χ1) is 9.37. The summed E-state index contributed by atoms with van der Waals surface area (Å²) in [6.07, 6.45) is -4.58. The third-order valence-electron chi connectivity index (χ3n) is 3.45. The summed E-state index contributed by atoms with van der Waals surface area (Å²) in [6.45, 7) is 2.31. The highest BCUT2D eigenvalue weighted by atomic mass is 19.4. The Balaban J connectivity index is 2.12. The number of aliphatic hydroxyl groups excluding tert-OH is 1. The Morgan fingerprint density at radius 1 is 1.40 bits per heavy atom. The molecule has 114 valence electrons. The number of hydrogen-bond donors (Lipinski definition) is 1. The summed E-state index contributed by atoms with van der Waals surface area (Å²) in [4.78, 5) is 3.97. The molecule has 2 rings (SSSR count). The van der Waals surface area contributed by atoms with Crippen LogP contribution < -0.4 is 0 Å². The quantitative estimate of drug-likeness (QED) is 0.902. The molecular weight excluding hydrogens is 277 g/mol. The fourth-order valence-corrected chi connectivity index (χ4v) is 2.46. The second-order valence-corrected chi connectivity index (χ2v) is 4.91. The van der Waals surface area contributed by atoms with E-state index in [4.69, 9.17) is 14.4 Å². The van der Waals surface area contributed by atoms with Crippen molar-refractivity contribution in [1.29, 1.82) is 0 Å². The van der Waals surface area contributed by atoms with Crippen LogP contribution in [0.2, 0.25) is 0 Å². The lowest BCUT2D eigenvalue weighted by atomic mass is 10.0. The standard InChI is InChI=1S/C12H17F3N2O3/c1-2-19-11(5-3-4-6-11)10-16-9(20-17-10)7-8(18)12(13,14)15/h8,18H,2-7H2,1H3. The normalized spacial score (nSPS) is 20.2. The van der Waals surface area contributed by atoms with Gasteiger partial charge in [-0.15, -0.1) is 0 Å². The molecule has 1 aromatic heterocycles. The molecule has 1 aliphatic rings. The number of alkyl halides is 3. The van der Waals surface area contributed by atoms with Crippen molar-refractivity contribution < 1.29 is 27.5 Å². The van der Waals surface area contributed by atoms with Crippen molar-refractivity contribution in [1.82, 2.24) is 10.1 Å². The third kappa shape index (κ3) is 3.12. The Morgan fingerprint density at radius 3 is 2.60 bits per heavy atom. The van der Waals surface area contributed by atoms with E-state index in [9.17, 15) is 13.2 Å². The summed E-state index contributed by atoms with van der Waals surface area (Å²) in [5.41, 5.74) is -0.653. The first-order valence-electron chi connectivity index (χ1n) is 6.59. The van der Waals surface area contributed by atoms with Crippen molar-refractivity contribution in [2.75, 3.05) is 6.61 Å². The number of aliphatic hydroxyl groups is 1. The number of hydrogen-bond acceptors (Lipinski definition) is 5. The molecule has 1 aliphatic carbocycles. The van der Waals surface area contributed by atoms with Crippen LogP contribution in [-0.4, -0.2) is 34.1 Å². The number of ether oxygens (including phenoxy) is 1. The smallest absolute Gasteiger partial charge is 0.383 e. The van der Waals surface area contributed by atoms with Gasteiger partial charge in [0.15, 0.2) is 6.10 Å².